The van der Waals surface area contributed by atoms with E-state index in [1.165, 1.54) is 16.4 Å². The van der Waals surface area contributed by atoms with Gasteiger partial charge < -0.3 is 5.73 Å². The Morgan fingerprint density at radius 1 is 1.79 bits per heavy atom. The van der Waals surface area contributed by atoms with Gasteiger partial charge in [0.2, 0.25) is 16.2 Å². The normalized spacial score (nSPS) is 9.43. The van der Waals surface area contributed by atoms with Crippen LogP contribution in [0, 0.1) is 12.3 Å². The van der Waals surface area contributed by atoms with Crippen molar-refractivity contribution in [1.29, 1.82) is 0 Å². The summed E-state index contributed by atoms with van der Waals surface area (Å²) in [5.74, 6) is 8.21. The van der Waals surface area contributed by atoms with E-state index in [-0.39, 0.29) is 11.1 Å². The summed E-state index contributed by atoms with van der Waals surface area (Å²) in [6.45, 7) is 0. The van der Waals surface area contributed by atoms with Gasteiger partial charge in [-0.1, -0.05) is 17.7 Å². The molecule has 0 bridgehead atoms. The number of nitrogen functional groups attached to an aromatic ring is 1. The number of nitrogens with one attached hydrogen (secondary N) is 1. The number of thioether (sulfide) groups is 1. The van der Waals surface area contributed by atoms with E-state index >= 15 is 0 Å². The van der Waals surface area contributed by atoms with Gasteiger partial charge in [0.05, 0.1) is 5.75 Å². The molecular weight excluding hydrogens is 220 g/mol. The standard InChI is InChI=1S/C6H8N6S2/c1-2-3-14-5-9-4(7)12(11-5)6(13)10-8/h1H,3,8H2,(H,10,13)(H2,7,9,11). The van der Waals surface area contributed by atoms with Crippen molar-refractivity contribution >= 4 is 35.0 Å². The second-order valence-electron chi connectivity index (χ2n) is 2.11. The second-order valence-corrected chi connectivity index (χ2v) is 3.44. The number of rotatable bonds is 2. The van der Waals surface area contributed by atoms with E-state index in [2.05, 4.69) is 21.4 Å². The average Bonchev–Trinajstić information content (AvgIpc) is 2.55. The highest BCUT2D eigenvalue weighted by Crippen LogP contribution is 2.13. The van der Waals surface area contributed by atoms with E-state index < -0.39 is 0 Å². The number of hydrazine groups is 1. The molecule has 0 aliphatic heterocycles. The maximum Gasteiger partial charge on any atom is 0.226 e. The van der Waals surface area contributed by atoms with Crippen LogP contribution in [0.3, 0.4) is 0 Å². The van der Waals surface area contributed by atoms with Crippen molar-refractivity contribution in [3.63, 3.8) is 0 Å². The smallest absolute Gasteiger partial charge is 0.226 e. The highest BCUT2D eigenvalue weighted by molar-refractivity contribution is 7.99. The Morgan fingerprint density at radius 3 is 3.07 bits per heavy atom. The van der Waals surface area contributed by atoms with Crippen molar-refractivity contribution in [2.45, 2.75) is 5.16 Å². The van der Waals surface area contributed by atoms with Gasteiger partial charge in [-0.2, -0.15) is 9.67 Å². The number of thiocarbonyl (C=S) groups is 1. The molecular formula is C6H8N6S2. The Balaban J connectivity index is 2.83. The van der Waals surface area contributed by atoms with E-state index in [1.807, 2.05) is 0 Å². The lowest BCUT2D eigenvalue weighted by molar-refractivity contribution is 0.844. The molecule has 0 radical (unpaired) electrons. The molecule has 8 heteroatoms. The van der Waals surface area contributed by atoms with Gasteiger partial charge in [0.1, 0.15) is 0 Å². The van der Waals surface area contributed by atoms with Gasteiger partial charge in [0.25, 0.3) is 0 Å². The number of aromatic nitrogens is 3. The summed E-state index contributed by atoms with van der Waals surface area (Å²) in [7, 11) is 0. The number of hydrogen-bond acceptors (Lipinski definition) is 6. The minimum absolute atomic E-state index is 0.174. The molecule has 0 saturated heterocycles. The fourth-order valence-corrected chi connectivity index (χ4v) is 1.33. The lowest BCUT2D eigenvalue weighted by Crippen LogP contribution is -2.35. The summed E-state index contributed by atoms with van der Waals surface area (Å²) in [5, 5.41) is 4.64. The highest BCUT2D eigenvalue weighted by atomic mass is 32.2. The van der Waals surface area contributed by atoms with Crippen molar-refractivity contribution in [2.24, 2.45) is 5.84 Å². The molecule has 1 aromatic rings. The number of terminal acetylenes is 1. The third-order valence-corrected chi connectivity index (χ3v) is 2.25. The summed E-state index contributed by atoms with van der Waals surface area (Å²) < 4.78 is 1.23. The zero-order valence-corrected chi connectivity index (χ0v) is 8.73. The summed E-state index contributed by atoms with van der Waals surface area (Å²) in [5.41, 5.74) is 7.78. The van der Waals surface area contributed by atoms with Crippen LogP contribution in [0.1, 0.15) is 0 Å². The van der Waals surface area contributed by atoms with Gasteiger partial charge in [0.15, 0.2) is 0 Å². The largest absolute Gasteiger partial charge is 0.368 e. The van der Waals surface area contributed by atoms with E-state index in [1.54, 1.807) is 0 Å². The minimum Gasteiger partial charge on any atom is -0.368 e. The van der Waals surface area contributed by atoms with E-state index in [0.29, 0.717) is 10.9 Å². The van der Waals surface area contributed by atoms with E-state index in [9.17, 15) is 0 Å². The van der Waals surface area contributed by atoms with E-state index in [4.69, 9.17) is 30.2 Å². The second kappa shape index (κ2) is 4.80. The van der Waals surface area contributed by atoms with Crippen LogP contribution in [0.2, 0.25) is 0 Å². The summed E-state index contributed by atoms with van der Waals surface area (Å²) in [4.78, 5) is 3.93. The Morgan fingerprint density at radius 2 is 2.50 bits per heavy atom. The zero-order valence-electron chi connectivity index (χ0n) is 7.10. The van der Waals surface area contributed by atoms with Gasteiger partial charge in [-0.05, 0) is 12.2 Å². The monoisotopic (exact) mass is 228 g/mol. The first-order chi connectivity index (χ1) is 6.69. The zero-order chi connectivity index (χ0) is 10.6. The third-order valence-electron chi connectivity index (χ3n) is 1.21. The Kier molecular flexibility index (Phi) is 3.70. The molecule has 1 heterocycles. The fraction of sp³-hybridized carbons (Fsp3) is 0.167. The molecule has 0 amide bonds. The molecule has 5 N–H and O–H groups in total. The maximum atomic E-state index is 5.53. The van der Waals surface area contributed by atoms with Gasteiger partial charge >= 0.3 is 0 Å². The number of nitrogens with zero attached hydrogens (tertiary/aromatic N) is 3. The molecule has 0 saturated carbocycles. The van der Waals surface area contributed by atoms with Crippen LogP contribution in [-0.2, 0) is 0 Å². The molecule has 0 aromatic carbocycles. The van der Waals surface area contributed by atoms with Crippen molar-refractivity contribution < 1.29 is 0 Å². The van der Waals surface area contributed by atoms with Crippen LogP contribution in [0.15, 0.2) is 5.16 Å². The lowest BCUT2D eigenvalue weighted by Gasteiger charge is -2.00. The van der Waals surface area contributed by atoms with Crippen LogP contribution < -0.4 is 17.0 Å². The first kappa shape index (κ1) is 10.8. The van der Waals surface area contributed by atoms with E-state index in [0.717, 1.165) is 0 Å². The average molecular weight is 228 g/mol. The third kappa shape index (κ3) is 2.35. The molecule has 0 fully saturated rings. The van der Waals surface area contributed by atoms with Gasteiger partial charge in [-0.25, -0.2) is 5.84 Å². The molecule has 14 heavy (non-hydrogen) atoms. The van der Waals surface area contributed by atoms with Crippen molar-refractivity contribution in [3.8, 4) is 12.3 Å². The molecule has 0 atom stereocenters. The first-order valence-corrected chi connectivity index (χ1v) is 4.88. The maximum absolute atomic E-state index is 5.53. The molecule has 0 aliphatic carbocycles. The lowest BCUT2D eigenvalue weighted by atomic mass is 10.8. The van der Waals surface area contributed by atoms with Crippen molar-refractivity contribution in [2.75, 3.05) is 11.5 Å². The molecule has 0 unspecified atom stereocenters. The molecule has 1 aromatic heterocycles. The molecule has 0 aliphatic rings. The minimum atomic E-state index is 0.174. The van der Waals surface area contributed by atoms with Crippen LogP contribution in [0.25, 0.3) is 0 Å². The Hall–Kier alpha value is -1.30. The highest BCUT2D eigenvalue weighted by Gasteiger charge is 2.09. The van der Waals surface area contributed by atoms with Gasteiger partial charge in [-0.15, -0.1) is 11.5 Å². The fourth-order valence-electron chi connectivity index (χ4n) is 0.682. The number of hydrogen-bond donors (Lipinski definition) is 3. The van der Waals surface area contributed by atoms with Crippen LogP contribution in [0.4, 0.5) is 5.95 Å². The van der Waals surface area contributed by atoms with Gasteiger partial charge in [0, 0.05) is 0 Å². The summed E-state index contributed by atoms with van der Waals surface area (Å²) in [6.07, 6.45) is 5.08. The number of anilines is 1. The summed E-state index contributed by atoms with van der Waals surface area (Å²) in [6, 6.07) is 0. The quantitative estimate of drug-likeness (QED) is 0.200. The predicted molar refractivity (Wildman–Crippen MR) is 59.3 cm³/mol. The van der Waals surface area contributed by atoms with Crippen LogP contribution in [-0.4, -0.2) is 25.6 Å². The predicted octanol–water partition coefficient (Wildman–Crippen LogP) is -0.818. The molecule has 0 spiro atoms. The van der Waals surface area contributed by atoms with Crippen LogP contribution >= 0.6 is 24.0 Å². The topological polar surface area (TPSA) is 94.8 Å². The SMILES string of the molecule is C#CCSc1nc(N)n(C(=S)NN)n1. The molecule has 1 rings (SSSR count). The molecule has 6 nitrogen and oxygen atoms in total. The van der Waals surface area contributed by atoms with Crippen LogP contribution in [0.5, 0.6) is 0 Å². The van der Waals surface area contributed by atoms with Gasteiger partial charge in [-0.3, -0.25) is 5.43 Å². The van der Waals surface area contributed by atoms with Crippen molar-refractivity contribution in [1.82, 2.24) is 20.2 Å². The first-order valence-electron chi connectivity index (χ1n) is 3.48. The Bertz CT molecular complexity index is 378. The molecule has 74 valence electrons. The summed E-state index contributed by atoms with van der Waals surface area (Å²) >= 11 is 6.13. The van der Waals surface area contributed by atoms with Crippen molar-refractivity contribution in [3.05, 3.63) is 0 Å². The Labute approximate surface area is 90.4 Å². The number of nitrogens with two attached hydrogens (primary N) is 2.